The van der Waals surface area contributed by atoms with Crippen LogP contribution in [-0.2, 0) is 9.84 Å². The van der Waals surface area contributed by atoms with Gasteiger partial charge < -0.3 is 5.11 Å². The number of sulfone groups is 1. The summed E-state index contributed by atoms with van der Waals surface area (Å²) in [5, 5.41) is 11.8. The topological polar surface area (TPSA) is 54.4 Å². The van der Waals surface area contributed by atoms with Crippen molar-refractivity contribution in [2.75, 3.05) is 5.75 Å². The van der Waals surface area contributed by atoms with Gasteiger partial charge in [-0.2, -0.15) is 0 Å². The number of benzene rings is 2. The van der Waals surface area contributed by atoms with Crippen LogP contribution in [0.1, 0.15) is 75.0 Å². The Morgan fingerprint density at radius 2 is 1.58 bits per heavy atom. The molecule has 0 spiro atoms. The predicted octanol–water partition coefficient (Wildman–Crippen LogP) is 5.92. The highest BCUT2D eigenvalue weighted by Gasteiger charge is 2.50. The lowest BCUT2D eigenvalue weighted by Crippen LogP contribution is -2.43. The predicted molar refractivity (Wildman–Crippen MR) is 119 cm³/mol. The first-order chi connectivity index (χ1) is 14.6. The Balaban J connectivity index is 2.32. The molecule has 0 bridgehead atoms. The van der Waals surface area contributed by atoms with Crippen molar-refractivity contribution in [2.45, 2.75) is 76.2 Å². The normalized spacial score (nSPS) is 22.0. The summed E-state index contributed by atoms with van der Waals surface area (Å²) in [7, 11) is -3.78. The highest BCUT2D eigenvalue weighted by molar-refractivity contribution is 7.91. The first kappa shape index (κ1) is 23.9. The van der Waals surface area contributed by atoms with Crippen LogP contribution in [0.4, 0.5) is 8.78 Å². The summed E-state index contributed by atoms with van der Waals surface area (Å²) < 4.78 is 55.4. The Labute approximate surface area is 184 Å². The fourth-order valence-electron chi connectivity index (χ4n) is 5.13. The van der Waals surface area contributed by atoms with Gasteiger partial charge in [-0.15, -0.1) is 0 Å². The van der Waals surface area contributed by atoms with Crippen LogP contribution in [0.2, 0.25) is 0 Å². The SMILES string of the molecule is CCCCC1(CCCC)CS(=O)(=O)c2c(C)cc(F)cc2[C@@H](c2ccc(F)cc2)[C@H]1O. The molecular weight excluding hydrogens is 418 g/mol. The summed E-state index contributed by atoms with van der Waals surface area (Å²) in [5.74, 6) is -1.88. The molecule has 0 saturated heterocycles. The fraction of sp³-hybridized carbons (Fsp3) is 0.520. The third-order valence-electron chi connectivity index (χ3n) is 6.62. The minimum atomic E-state index is -3.78. The third-order valence-corrected chi connectivity index (χ3v) is 8.76. The van der Waals surface area contributed by atoms with Gasteiger partial charge in [0.05, 0.1) is 16.8 Å². The zero-order chi connectivity index (χ0) is 22.8. The lowest BCUT2D eigenvalue weighted by Gasteiger charge is -2.40. The molecule has 170 valence electrons. The van der Waals surface area contributed by atoms with Gasteiger partial charge in [0.1, 0.15) is 11.6 Å². The quantitative estimate of drug-likeness (QED) is 0.533. The smallest absolute Gasteiger partial charge is 0.179 e. The Bertz CT molecular complexity index is 1010. The summed E-state index contributed by atoms with van der Waals surface area (Å²) >= 11 is 0. The van der Waals surface area contributed by atoms with Crippen LogP contribution in [0.25, 0.3) is 0 Å². The van der Waals surface area contributed by atoms with Crippen molar-refractivity contribution in [1.29, 1.82) is 0 Å². The van der Waals surface area contributed by atoms with Crippen LogP contribution in [0.5, 0.6) is 0 Å². The number of halogens is 2. The van der Waals surface area contributed by atoms with E-state index in [1.54, 1.807) is 19.1 Å². The third kappa shape index (κ3) is 4.70. The van der Waals surface area contributed by atoms with Crippen LogP contribution in [0, 0.1) is 24.0 Å². The Kier molecular flexibility index (Phi) is 7.21. The maximum atomic E-state index is 14.5. The highest BCUT2D eigenvalue weighted by Crippen LogP contribution is 2.50. The molecular formula is C25H32F2O3S. The van der Waals surface area contributed by atoms with Crippen LogP contribution < -0.4 is 0 Å². The molecule has 1 N–H and O–H groups in total. The van der Waals surface area contributed by atoms with Gasteiger partial charge in [-0.25, -0.2) is 17.2 Å². The summed E-state index contributed by atoms with van der Waals surface area (Å²) in [4.78, 5) is 0.108. The molecule has 3 nitrogen and oxygen atoms in total. The van der Waals surface area contributed by atoms with E-state index in [2.05, 4.69) is 0 Å². The number of fused-ring (bicyclic) bond motifs is 1. The maximum absolute atomic E-state index is 14.5. The molecule has 1 heterocycles. The largest absolute Gasteiger partial charge is 0.392 e. The first-order valence-electron chi connectivity index (χ1n) is 11.1. The standard InChI is InChI=1S/C25H32F2O3S/c1-4-6-12-25(13-7-5-2)16-31(29,30)23-17(3)14-20(27)15-21(23)22(24(25)28)18-8-10-19(26)11-9-18/h8-11,14-15,22,24,28H,4-7,12-13,16H2,1-3H3/t22-,24-/m1/s1. The van der Waals surface area contributed by atoms with Crippen molar-refractivity contribution in [2.24, 2.45) is 5.41 Å². The van der Waals surface area contributed by atoms with Crippen LogP contribution in [-0.4, -0.2) is 25.4 Å². The number of hydrogen-bond acceptors (Lipinski definition) is 3. The Morgan fingerprint density at radius 1 is 1.00 bits per heavy atom. The van der Waals surface area contributed by atoms with E-state index in [1.165, 1.54) is 24.3 Å². The van der Waals surface area contributed by atoms with Gasteiger partial charge in [0.15, 0.2) is 9.84 Å². The number of aliphatic hydroxyl groups is 1. The molecule has 0 radical (unpaired) electrons. The van der Waals surface area contributed by atoms with Crippen molar-refractivity contribution in [3.8, 4) is 0 Å². The molecule has 0 saturated carbocycles. The van der Waals surface area contributed by atoms with E-state index in [0.717, 1.165) is 25.7 Å². The van der Waals surface area contributed by atoms with Gasteiger partial charge in [0.25, 0.3) is 0 Å². The van der Waals surface area contributed by atoms with E-state index < -0.39 is 38.9 Å². The number of rotatable bonds is 7. The number of hydrogen-bond donors (Lipinski definition) is 1. The molecule has 31 heavy (non-hydrogen) atoms. The van der Waals surface area contributed by atoms with Crippen LogP contribution in [0.3, 0.4) is 0 Å². The van der Waals surface area contributed by atoms with E-state index >= 15 is 0 Å². The monoisotopic (exact) mass is 450 g/mol. The van der Waals surface area contributed by atoms with E-state index in [9.17, 15) is 22.3 Å². The van der Waals surface area contributed by atoms with Crippen LogP contribution in [0.15, 0.2) is 41.3 Å². The minimum absolute atomic E-state index is 0.108. The highest BCUT2D eigenvalue weighted by atomic mass is 32.2. The molecule has 3 rings (SSSR count). The average molecular weight is 451 g/mol. The second kappa shape index (κ2) is 9.37. The van der Waals surface area contributed by atoms with Crippen molar-refractivity contribution in [3.05, 3.63) is 64.7 Å². The van der Waals surface area contributed by atoms with Gasteiger partial charge in [-0.05, 0) is 60.7 Å². The van der Waals surface area contributed by atoms with Crippen molar-refractivity contribution in [3.63, 3.8) is 0 Å². The lowest BCUT2D eigenvalue weighted by molar-refractivity contribution is 0.0126. The number of unbranched alkanes of at least 4 members (excludes halogenated alkanes) is 2. The molecule has 0 fully saturated rings. The molecule has 1 aliphatic heterocycles. The van der Waals surface area contributed by atoms with E-state index in [-0.39, 0.29) is 16.2 Å². The van der Waals surface area contributed by atoms with Gasteiger partial charge in [0, 0.05) is 11.3 Å². The van der Waals surface area contributed by atoms with Gasteiger partial charge in [-0.1, -0.05) is 51.7 Å². The summed E-state index contributed by atoms with van der Waals surface area (Å²) in [6.07, 6.45) is 3.43. The van der Waals surface area contributed by atoms with E-state index in [4.69, 9.17) is 0 Å². The second-order valence-corrected chi connectivity index (χ2v) is 10.9. The van der Waals surface area contributed by atoms with Crippen molar-refractivity contribution in [1.82, 2.24) is 0 Å². The van der Waals surface area contributed by atoms with E-state index in [1.807, 2.05) is 13.8 Å². The zero-order valence-electron chi connectivity index (χ0n) is 18.5. The van der Waals surface area contributed by atoms with Crippen molar-refractivity contribution >= 4 is 9.84 Å². The molecule has 2 aromatic rings. The summed E-state index contributed by atoms with van der Waals surface area (Å²) in [6, 6.07) is 8.19. The molecule has 1 aliphatic rings. The van der Waals surface area contributed by atoms with Gasteiger partial charge in [0.2, 0.25) is 0 Å². The molecule has 2 atom stereocenters. The molecule has 6 heteroatoms. The number of aliphatic hydroxyl groups excluding tert-OH is 1. The molecule has 0 unspecified atom stereocenters. The second-order valence-electron chi connectivity index (χ2n) is 8.94. The van der Waals surface area contributed by atoms with Gasteiger partial charge >= 0.3 is 0 Å². The Morgan fingerprint density at radius 3 is 2.13 bits per heavy atom. The summed E-state index contributed by atoms with van der Waals surface area (Å²) in [6.45, 7) is 5.67. The number of aryl methyl sites for hydroxylation is 1. The fourth-order valence-corrected chi connectivity index (χ4v) is 7.58. The Hall–Kier alpha value is -1.79. The summed E-state index contributed by atoms with van der Waals surface area (Å²) in [5.41, 5.74) is 0.350. The van der Waals surface area contributed by atoms with Crippen LogP contribution >= 0.6 is 0 Å². The average Bonchev–Trinajstić information content (AvgIpc) is 2.77. The van der Waals surface area contributed by atoms with Gasteiger partial charge in [-0.3, -0.25) is 0 Å². The molecule has 2 aromatic carbocycles. The molecule has 0 amide bonds. The zero-order valence-corrected chi connectivity index (χ0v) is 19.3. The minimum Gasteiger partial charge on any atom is -0.392 e. The lowest BCUT2D eigenvalue weighted by atomic mass is 9.68. The first-order valence-corrected chi connectivity index (χ1v) is 12.8. The maximum Gasteiger partial charge on any atom is 0.179 e. The molecule has 0 aromatic heterocycles. The van der Waals surface area contributed by atoms with E-state index in [0.29, 0.717) is 24.0 Å². The molecule has 0 aliphatic carbocycles. The van der Waals surface area contributed by atoms with Crippen molar-refractivity contribution < 1.29 is 22.3 Å².